The number of benzene rings is 1. The van der Waals surface area contributed by atoms with Gasteiger partial charge in [-0.1, -0.05) is 24.3 Å². The van der Waals surface area contributed by atoms with Gasteiger partial charge in [0.1, 0.15) is 0 Å². The minimum absolute atomic E-state index is 0. The first-order chi connectivity index (χ1) is 3.93. The topological polar surface area (TPSA) is 20.2 Å². The van der Waals surface area contributed by atoms with Gasteiger partial charge in [0, 0.05) is 20.4 Å². The third-order valence-corrected chi connectivity index (χ3v) is 0.944. The summed E-state index contributed by atoms with van der Waals surface area (Å²) in [6.07, 6.45) is 0. The summed E-state index contributed by atoms with van der Waals surface area (Å²) in [7, 11) is 0. The number of hydrogen-bond donors (Lipinski definition) is 1. The van der Waals surface area contributed by atoms with Crippen molar-refractivity contribution in [2.24, 2.45) is 0 Å². The normalized spacial score (nSPS) is 7.30. The van der Waals surface area contributed by atoms with Crippen molar-refractivity contribution >= 4 is 0 Å². The fourth-order valence-corrected chi connectivity index (χ4v) is 0.529. The summed E-state index contributed by atoms with van der Waals surface area (Å²) in [5.74, 6) is 0. The molecule has 0 atom stereocenters. The van der Waals surface area contributed by atoms with Crippen molar-refractivity contribution in [2.45, 2.75) is 6.61 Å². The predicted octanol–water partition coefficient (Wildman–Crippen LogP) is -2.02. The maximum absolute atomic E-state index is 8.51. The molecule has 0 fully saturated rings. The van der Waals surface area contributed by atoms with Crippen LogP contribution in [0.3, 0.4) is 0 Å². The van der Waals surface area contributed by atoms with E-state index >= 15 is 0 Å². The van der Waals surface area contributed by atoms with Crippen LogP contribution in [-0.2, 0) is 27.0 Å². The molecule has 0 aliphatic carbocycles. The zero-order valence-electron chi connectivity index (χ0n) is 5.16. The largest absolute Gasteiger partial charge is 1.00 e. The van der Waals surface area contributed by atoms with Gasteiger partial charge in [-0.05, 0) is 11.6 Å². The van der Waals surface area contributed by atoms with Gasteiger partial charge in [-0.2, -0.15) is 0 Å². The second kappa shape index (κ2) is 7.43. The maximum Gasteiger partial charge on any atom is 0.0687 e. The molecular formula is C7H7BrOPd-. The van der Waals surface area contributed by atoms with Gasteiger partial charge in [0.05, 0.1) is 6.61 Å². The van der Waals surface area contributed by atoms with E-state index in [9.17, 15) is 0 Å². The Hall–Kier alpha value is 0.322. The van der Waals surface area contributed by atoms with Gasteiger partial charge in [-0.3, -0.25) is 0 Å². The Balaban J connectivity index is 0. The molecule has 0 saturated heterocycles. The fraction of sp³-hybridized carbons (Fsp3) is 0.143. The van der Waals surface area contributed by atoms with E-state index in [0.29, 0.717) is 0 Å². The zero-order chi connectivity index (χ0) is 5.82. The van der Waals surface area contributed by atoms with Crippen LogP contribution in [0.4, 0.5) is 0 Å². The Morgan fingerprint density at radius 3 is 2.40 bits per heavy atom. The third-order valence-electron chi connectivity index (χ3n) is 0.944. The summed E-state index contributed by atoms with van der Waals surface area (Å²) >= 11 is 0. The summed E-state index contributed by atoms with van der Waals surface area (Å²) in [5, 5.41) is 8.51. The van der Waals surface area contributed by atoms with Gasteiger partial charge in [-0.15, -0.1) is 0 Å². The first-order valence-corrected chi connectivity index (χ1v) is 2.50. The predicted molar refractivity (Wildman–Crippen MR) is 31.2 cm³/mol. The summed E-state index contributed by atoms with van der Waals surface area (Å²) in [6, 6.07) is 10.2. The Labute approximate surface area is 84.9 Å². The van der Waals surface area contributed by atoms with E-state index in [-0.39, 0.29) is 44.0 Å². The second-order valence-electron chi connectivity index (χ2n) is 1.55. The smallest absolute Gasteiger partial charge is 0.0687 e. The van der Waals surface area contributed by atoms with Gasteiger partial charge < -0.3 is 22.1 Å². The summed E-state index contributed by atoms with van der Waals surface area (Å²) < 4.78 is 0. The number of hydrogen-bond acceptors (Lipinski definition) is 1. The molecule has 0 aliphatic rings. The molecule has 0 unspecified atom stereocenters. The minimum Gasteiger partial charge on any atom is -1.00 e. The summed E-state index contributed by atoms with van der Waals surface area (Å²) in [4.78, 5) is 0. The molecule has 3 heteroatoms. The van der Waals surface area contributed by atoms with Crippen LogP contribution in [-0.4, -0.2) is 5.11 Å². The molecule has 0 spiro atoms. The molecule has 0 aromatic heterocycles. The van der Waals surface area contributed by atoms with Crippen molar-refractivity contribution in [2.75, 3.05) is 0 Å². The van der Waals surface area contributed by atoms with Crippen LogP contribution in [0.25, 0.3) is 0 Å². The van der Waals surface area contributed by atoms with Gasteiger partial charge in [-0.25, -0.2) is 0 Å². The molecule has 1 N–H and O–H groups in total. The zero-order valence-corrected chi connectivity index (χ0v) is 8.30. The molecule has 0 aliphatic heterocycles. The SMILES string of the molecule is OCc1[c]cccc1.[Br-].[Pd]. The van der Waals surface area contributed by atoms with E-state index in [1.165, 1.54) is 0 Å². The van der Waals surface area contributed by atoms with Gasteiger partial charge in [0.15, 0.2) is 0 Å². The van der Waals surface area contributed by atoms with Crippen LogP contribution in [0, 0.1) is 6.07 Å². The van der Waals surface area contributed by atoms with Crippen LogP contribution in [0.15, 0.2) is 24.3 Å². The van der Waals surface area contributed by atoms with E-state index in [2.05, 4.69) is 6.07 Å². The van der Waals surface area contributed by atoms with Crippen molar-refractivity contribution in [3.63, 3.8) is 0 Å². The first kappa shape index (κ1) is 13.0. The molecular weight excluding hydrogens is 286 g/mol. The molecule has 1 radical (unpaired) electrons. The number of rotatable bonds is 1. The second-order valence-corrected chi connectivity index (χ2v) is 1.55. The summed E-state index contributed by atoms with van der Waals surface area (Å²) in [5.41, 5.74) is 0.840. The quantitative estimate of drug-likeness (QED) is 0.593. The Kier molecular flexibility index (Phi) is 9.62. The summed E-state index contributed by atoms with van der Waals surface area (Å²) in [6.45, 7) is 0.0842. The van der Waals surface area contributed by atoms with Gasteiger partial charge in [0.25, 0.3) is 0 Å². The monoisotopic (exact) mass is 292 g/mol. The third kappa shape index (κ3) is 4.19. The van der Waals surface area contributed by atoms with E-state index in [1.807, 2.05) is 18.2 Å². The van der Waals surface area contributed by atoms with E-state index in [4.69, 9.17) is 5.11 Å². The average molecular weight is 293 g/mol. The minimum atomic E-state index is 0. The van der Waals surface area contributed by atoms with E-state index in [0.717, 1.165) is 5.56 Å². The van der Waals surface area contributed by atoms with Crippen molar-refractivity contribution in [3.8, 4) is 0 Å². The average Bonchev–Trinajstić information content (AvgIpc) is 1.90. The molecule has 1 nitrogen and oxygen atoms in total. The van der Waals surface area contributed by atoms with Crippen LogP contribution in [0.1, 0.15) is 5.56 Å². The first-order valence-electron chi connectivity index (χ1n) is 2.50. The van der Waals surface area contributed by atoms with Crippen LogP contribution in [0.2, 0.25) is 0 Å². The van der Waals surface area contributed by atoms with Gasteiger partial charge in [0.2, 0.25) is 0 Å². The Morgan fingerprint density at radius 1 is 1.40 bits per heavy atom. The standard InChI is InChI=1S/C7H7O.BrH.Pd/c8-6-7-4-2-1-3-5-7;;/h1-4,8H,6H2;1H;/p-1. The van der Waals surface area contributed by atoms with Crippen molar-refractivity contribution < 1.29 is 42.5 Å². The Morgan fingerprint density at radius 2 is 2.10 bits per heavy atom. The van der Waals surface area contributed by atoms with Crippen LogP contribution < -0.4 is 17.0 Å². The van der Waals surface area contributed by atoms with E-state index < -0.39 is 0 Å². The number of aliphatic hydroxyl groups excluding tert-OH is 1. The molecule has 10 heavy (non-hydrogen) atoms. The van der Waals surface area contributed by atoms with E-state index in [1.54, 1.807) is 6.07 Å². The van der Waals surface area contributed by atoms with Gasteiger partial charge >= 0.3 is 0 Å². The molecule has 1 aromatic rings. The number of halogens is 1. The van der Waals surface area contributed by atoms with Crippen molar-refractivity contribution in [1.29, 1.82) is 0 Å². The molecule has 59 valence electrons. The molecule has 1 aromatic carbocycles. The Bertz CT molecular complexity index is 155. The molecule has 0 saturated carbocycles. The fourth-order valence-electron chi connectivity index (χ4n) is 0.529. The molecule has 0 bridgehead atoms. The van der Waals surface area contributed by atoms with Crippen molar-refractivity contribution in [3.05, 3.63) is 35.9 Å². The molecule has 0 heterocycles. The maximum atomic E-state index is 8.51. The molecule has 1 rings (SSSR count). The van der Waals surface area contributed by atoms with Crippen LogP contribution >= 0.6 is 0 Å². The van der Waals surface area contributed by atoms with Crippen LogP contribution in [0.5, 0.6) is 0 Å². The van der Waals surface area contributed by atoms with Crippen molar-refractivity contribution in [1.82, 2.24) is 0 Å². The number of aliphatic hydroxyl groups is 1. The molecule has 0 amide bonds.